The number of ether oxygens (including phenoxy) is 1. The van der Waals surface area contributed by atoms with Crippen molar-refractivity contribution in [3.63, 3.8) is 0 Å². The molecule has 25 heavy (non-hydrogen) atoms. The highest BCUT2D eigenvalue weighted by Gasteiger charge is 2.33. The summed E-state index contributed by atoms with van der Waals surface area (Å²) in [5.74, 6) is 0.682. The number of hydrogen-bond acceptors (Lipinski definition) is 3. The van der Waals surface area contributed by atoms with E-state index in [0.717, 1.165) is 39.2 Å². The number of aromatic nitrogens is 1. The lowest BCUT2D eigenvalue weighted by Crippen LogP contribution is -2.27. The Balaban J connectivity index is 2.06. The molecule has 2 heterocycles. The average Bonchev–Trinajstić information content (AvgIpc) is 3.17. The molecule has 1 aromatic heterocycles. The van der Waals surface area contributed by atoms with E-state index in [1.54, 1.807) is 7.11 Å². The lowest BCUT2D eigenvalue weighted by Gasteiger charge is -2.24. The van der Waals surface area contributed by atoms with Crippen molar-refractivity contribution in [2.45, 2.75) is 12.5 Å². The van der Waals surface area contributed by atoms with Crippen LogP contribution in [-0.4, -0.2) is 25.2 Å². The largest absolute Gasteiger partial charge is 0.495 e. The number of aromatic amines is 1. The summed E-state index contributed by atoms with van der Waals surface area (Å²) in [5.41, 5.74) is 5.14. The smallest absolute Gasteiger partial charge is 0.147 e. The molecule has 122 valence electrons. The molecule has 2 aliphatic carbocycles. The van der Waals surface area contributed by atoms with Crippen LogP contribution in [0.3, 0.4) is 0 Å². The predicted octanol–water partition coefficient (Wildman–Crippen LogP) is 2.04. The lowest BCUT2D eigenvalue weighted by atomic mass is 9.97. The van der Waals surface area contributed by atoms with Crippen LogP contribution in [0.15, 0.2) is 36.5 Å². The van der Waals surface area contributed by atoms with Gasteiger partial charge in [-0.1, -0.05) is 36.5 Å². The van der Waals surface area contributed by atoms with Crippen molar-refractivity contribution in [3.8, 4) is 11.8 Å². The van der Waals surface area contributed by atoms with E-state index in [-0.39, 0.29) is 6.04 Å². The van der Waals surface area contributed by atoms with Crippen molar-refractivity contribution in [2.75, 3.05) is 19.1 Å². The van der Waals surface area contributed by atoms with Crippen LogP contribution in [0, 0.1) is 11.3 Å². The zero-order valence-electron chi connectivity index (χ0n) is 14.1. The molecule has 1 aliphatic heterocycles. The van der Waals surface area contributed by atoms with Crippen LogP contribution in [0.4, 0.5) is 5.69 Å². The van der Waals surface area contributed by atoms with Gasteiger partial charge in [0.05, 0.1) is 24.4 Å². The predicted molar refractivity (Wildman–Crippen MR) is 100 cm³/mol. The number of fused-ring (bicyclic) bond motifs is 6. The topological polar surface area (TPSA) is 52.0 Å². The van der Waals surface area contributed by atoms with Gasteiger partial charge in [0.2, 0.25) is 0 Å². The van der Waals surface area contributed by atoms with Gasteiger partial charge in [-0.3, -0.25) is 0 Å². The zero-order valence-corrected chi connectivity index (χ0v) is 14.1. The molecular weight excluding hydrogens is 310 g/mol. The Bertz CT molecular complexity index is 1180. The van der Waals surface area contributed by atoms with E-state index in [1.807, 2.05) is 6.08 Å². The summed E-state index contributed by atoms with van der Waals surface area (Å²) < 4.78 is 5.76. The summed E-state index contributed by atoms with van der Waals surface area (Å²) in [5, 5.41) is 13.1. The number of hydrogen-bond donors (Lipinski definition) is 1. The molecule has 0 fully saturated rings. The fourth-order valence-corrected chi connectivity index (χ4v) is 4.36. The second-order valence-corrected chi connectivity index (χ2v) is 6.56. The van der Waals surface area contributed by atoms with Crippen LogP contribution in [0.5, 0.6) is 5.75 Å². The molecule has 1 atom stereocenters. The van der Waals surface area contributed by atoms with Gasteiger partial charge in [0, 0.05) is 23.0 Å². The Morgan fingerprint density at radius 2 is 2.20 bits per heavy atom. The first-order valence-electron chi connectivity index (χ1n) is 8.39. The third-order valence-corrected chi connectivity index (χ3v) is 5.41. The summed E-state index contributed by atoms with van der Waals surface area (Å²) in [7, 11) is 3.75. The fraction of sp³-hybridized carbons (Fsp3) is 0.190. The third-order valence-electron chi connectivity index (χ3n) is 5.41. The molecule has 1 aromatic carbocycles. The minimum atomic E-state index is 0.157. The van der Waals surface area contributed by atoms with Crippen LogP contribution in [0.25, 0.3) is 22.6 Å². The number of rotatable bonds is 1. The number of nitriles is 1. The Hall–Kier alpha value is -3.19. The average molecular weight is 327 g/mol. The number of anilines is 1. The Morgan fingerprint density at radius 3 is 3.00 bits per heavy atom. The standard InChI is InChI=1S/C21H17N3O/c1-24-16-10-6-4-8-13(16)17-14(11-22)21(25-2)18-12-7-3-5-9-15(12)23-19(18)20(17)24/h3-6,8-10,16,23H,7H2,1-2H3. The molecule has 0 radical (unpaired) electrons. The van der Waals surface area contributed by atoms with Crippen LogP contribution >= 0.6 is 0 Å². The van der Waals surface area contributed by atoms with E-state index >= 15 is 0 Å². The van der Waals surface area contributed by atoms with Crippen LogP contribution in [0.1, 0.15) is 11.1 Å². The van der Waals surface area contributed by atoms with Gasteiger partial charge in [-0.05, 0) is 23.6 Å². The molecule has 0 saturated carbocycles. The van der Waals surface area contributed by atoms with E-state index in [9.17, 15) is 5.26 Å². The van der Waals surface area contributed by atoms with E-state index in [1.165, 1.54) is 5.56 Å². The SMILES string of the molecule is COc1c(C#N)c2c(c3[nH]c4c(c13)CC=CC=4)N(C)C1C=CC=CC=21. The summed E-state index contributed by atoms with van der Waals surface area (Å²) in [4.78, 5) is 5.84. The van der Waals surface area contributed by atoms with Crippen molar-refractivity contribution >= 4 is 28.2 Å². The van der Waals surface area contributed by atoms with Gasteiger partial charge in [0.15, 0.2) is 0 Å². The first-order chi connectivity index (χ1) is 12.3. The number of allylic oxidation sites excluding steroid dienone is 4. The highest BCUT2D eigenvalue weighted by Crippen LogP contribution is 2.39. The molecule has 1 N–H and O–H groups in total. The summed E-state index contributed by atoms with van der Waals surface area (Å²) in [6.07, 6.45) is 15.5. The number of H-pyrrole nitrogens is 1. The monoisotopic (exact) mass is 327 g/mol. The Morgan fingerprint density at radius 1 is 1.32 bits per heavy atom. The molecule has 5 rings (SSSR count). The van der Waals surface area contributed by atoms with E-state index in [0.29, 0.717) is 11.3 Å². The summed E-state index contributed by atoms with van der Waals surface area (Å²) in [6.45, 7) is 0. The first kappa shape index (κ1) is 14.2. The number of benzene rings is 1. The minimum Gasteiger partial charge on any atom is -0.495 e. The molecule has 0 saturated heterocycles. The van der Waals surface area contributed by atoms with Crippen LogP contribution < -0.4 is 20.2 Å². The van der Waals surface area contributed by atoms with E-state index in [4.69, 9.17) is 4.74 Å². The lowest BCUT2D eigenvalue weighted by molar-refractivity contribution is 0.418. The van der Waals surface area contributed by atoms with Gasteiger partial charge in [-0.15, -0.1) is 0 Å². The van der Waals surface area contributed by atoms with Crippen molar-refractivity contribution in [2.24, 2.45) is 0 Å². The van der Waals surface area contributed by atoms with Gasteiger partial charge in [-0.25, -0.2) is 0 Å². The van der Waals surface area contributed by atoms with Gasteiger partial charge < -0.3 is 14.6 Å². The van der Waals surface area contributed by atoms with Crippen molar-refractivity contribution in [1.29, 1.82) is 5.26 Å². The second kappa shape index (κ2) is 4.90. The molecule has 4 nitrogen and oxygen atoms in total. The van der Waals surface area contributed by atoms with Crippen LogP contribution in [-0.2, 0) is 6.42 Å². The zero-order chi connectivity index (χ0) is 17.1. The maximum atomic E-state index is 9.96. The first-order valence-corrected chi connectivity index (χ1v) is 8.39. The normalized spacial score (nSPS) is 19.5. The molecule has 0 amide bonds. The second-order valence-electron chi connectivity index (χ2n) is 6.56. The fourth-order valence-electron chi connectivity index (χ4n) is 4.36. The number of likely N-dealkylation sites (N-methyl/N-ethyl adjacent to an activating group) is 1. The van der Waals surface area contributed by atoms with Crippen LogP contribution in [0.2, 0.25) is 0 Å². The maximum absolute atomic E-state index is 9.96. The van der Waals surface area contributed by atoms with Crippen molar-refractivity contribution in [3.05, 3.63) is 58.2 Å². The Kier molecular flexibility index (Phi) is 2.78. The van der Waals surface area contributed by atoms with E-state index in [2.05, 4.69) is 59.5 Å². The van der Waals surface area contributed by atoms with Crippen molar-refractivity contribution < 1.29 is 4.74 Å². The molecule has 3 aliphatic rings. The highest BCUT2D eigenvalue weighted by molar-refractivity contribution is 6.04. The highest BCUT2D eigenvalue weighted by atomic mass is 16.5. The summed E-state index contributed by atoms with van der Waals surface area (Å²) >= 11 is 0. The minimum absolute atomic E-state index is 0.157. The van der Waals surface area contributed by atoms with Gasteiger partial charge >= 0.3 is 0 Å². The number of nitrogens with one attached hydrogen (secondary N) is 1. The Labute approximate surface area is 145 Å². The molecular formula is C21H17N3O. The maximum Gasteiger partial charge on any atom is 0.147 e. The molecule has 0 bridgehead atoms. The summed E-state index contributed by atoms with van der Waals surface area (Å²) in [6, 6.07) is 2.57. The van der Waals surface area contributed by atoms with Gasteiger partial charge in [0.25, 0.3) is 0 Å². The third kappa shape index (κ3) is 1.65. The number of methoxy groups -OCH3 is 1. The van der Waals surface area contributed by atoms with E-state index < -0.39 is 0 Å². The number of nitrogens with zero attached hydrogens (tertiary/aromatic N) is 2. The molecule has 2 aromatic rings. The van der Waals surface area contributed by atoms with Crippen molar-refractivity contribution in [1.82, 2.24) is 4.98 Å². The van der Waals surface area contributed by atoms with Gasteiger partial charge in [-0.2, -0.15) is 5.26 Å². The molecule has 4 heteroatoms. The van der Waals surface area contributed by atoms with Gasteiger partial charge in [0.1, 0.15) is 17.4 Å². The molecule has 1 unspecified atom stereocenters. The molecule has 0 spiro atoms. The quantitative estimate of drug-likeness (QED) is 0.872.